The van der Waals surface area contributed by atoms with Crippen LogP contribution in [-0.2, 0) is 11.3 Å². The lowest BCUT2D eigenvalue weighted by Gasteiger charge is -2.12. The average molecular weight is 475 g/mol. The lowest BCUT2D eigenvalue weighted by atomic mass is 10.1. The predicted molar refractivity (Wildman–Crippen MR) is 103 cm³/mol. The zero-order valence-corrected chi connectivity index (χ0v) is 16.3. The lowest BCUT2D eigenvalue weighted by Crippen LogP contribution is -2.23. The van der Waals surface area contributed by atoms with Gasteiger partial charge in [-0.05, 0) is 58.5 Å². The topological polar surface area (TPSA) is 90.7 Å². The summed E-state index contributed by atoms with van der Waals surface area (Å²) in [6.45, 7) is 0.0630. The molecular formula is C17H16ClIN2O4. The molecule has 2 amide bonds. The number of amides is 2. The Labute approximate surface area is 163 Å². The zero-order chi connectivity index (χ0) is 18.4. The van der Waals surface area contributed by atoms with E-state index in [0.717, 1.165) is 9.13 Å². The number of hydrogen-bond acceptors (Lipinski definition) is 4. The van der Waals surface area contributed by atoms with Gasteiger partial charge in [0.25, 0.3) is 11.8 Å². The molecule has 0 bridgehead atoms. The Morgan fingerprint density at radius 2 is 1.96 bits per heavy atom. The summed E-state index contributed by atoms with van der Waals surface area (Å²) in [7, 11) is 1.49. The number of carbonyl (C=O) groups is 2. The van der Waals surface area contributed by atoms with Gasteiger partial charge in [-0.2, -0.15) is 0 Å². The second-order valence-corrected chi connectivity index (χ2v) is 6.65. The number of hydrogen-bond donors (Lipinski definition) is 2. The minimum Gasteiger partial charge on any atom is -0.493 e. The zero-order valence-electron chi connectivity index (χ0n) is 13.3. The average Bonchev–Trinajstić information content (AvgIpc) is 2.60. The summed E-state index contributed by atoms with van der Waals surface area (Å²) in [5.74, 6) is 0.0561. The molecule has 0 aromatic heterocycles. The van der Waals surface area contributed by atoms with E-state index >= 15 is 0 Å². The van der Waals surface area contributed by atoms with Crippen LogP contribution in [0.5, 0.6) is 11.5 Å². The number of ether oxygens (including phenoxy) is 2. The first-order valence-corrected chi connectivity index (χ1v) is 8.67. The molecule has 0 radical (unpaired) electrons. The molecule has 0 fully saturated rings. The third kappa shape index (κ3) is 5.50. The Bertz CT molecular complexity index is 798. The van der Waals surface area contributed by atoms with Crippen molar-refractivity contribution in [1.82, 2.24) is 5.32 Å². The van der Waals surface area contributed by atoms with Gasteiger partial charge in [-0.25, -0.2) is 0 Å². The standard InChI is InChI=1S/C17H16ClIN2O4/c1-24-15-6-10(2-5-14(15)25-9-16(20)22)8-21-17(23)12-7-11(18)3-4-13(12)19/h2-7H,8-9H2,1H3,(H2,20,22)(H,21,23). The molecule has 8 heteroatoms. The molecule has 132 valence electrons. The fourth-order valence-corrected chi connectivity index (χ4v) is 2.79. The van der Waals surface area contributed by atoms with Gasteiger partial charge in [0.15, 0.2) is 18.1 Å². The van der Waals surface area contributed by atoms with Crippen molar-refractivity contribution in [2.24, 2.45) is 5.73 Å². The first-order valence-electron chi connectivity index (χ1n) is 7.22. The van der Waals surface area contributed by atoms with Crippen LogP contribution < -0.4 is 20.5 Å². The van der Waals surface area contributed by atoms with Crippen molar-refractivity contribution < 1.29 is 19.1 Å². The molecule has 0 atom stereocenters. The number of benzene rings is 2. The maximum atomic E-state index is 12.3. The molecule has 25 heavy (non-hydrogen) atoms. The van der Waals surface area contributed by atoms with E-state index in [1.54, 1.807) is 36.4 Å². The number of carbonyl (C=O) groups excluding carboxylic acids is 2. The Hall–Kier alpha value is -2.00. The third-order valence-corrected chi connectivity index (χ3v) is 4.40. The Balaban J connectivity index is 2.06. The summed E-state index contributed by atoms with van der Waals surface area (Å²) in [5.41, 5.74) is 6.39. The van der Waals surface area contributed by atoms with Crippen molar-refractivity contribution >= 4 is 46.0 Å². The summed E-state index contributed by atoms with van der Waals surface area (Å²) in [6.07, 6.45) is 0. The van der Waals surface area contributed by atoms with Crippen LogP contribution in [0.3, 0.4) is 0 Å². The number of rotatable bonds is 7. The third-order valence-electron chi connectivity index (χ3n) is 3.22. The predicted octanol–water partition coefficient (Wildman–Crippen LogP) is 2.75. The lowest BCUT2D eigenvalue weighted by molar-refractivity contribution is -0.119. The van der Waals surface area contributed by atoms with E-state index in [1.807, 2.05) is 0 Å². The molecule has 0 aliphatic carbocycles. The SMILES string of the molecule is COc1cc(CNC(=O)c2cc(Cl)ccc2I)ccc1OCC(N)=O. The first-order chi connectivity index (χ1) is 11.9. The van der Waals surface area contributed by atoms with Crippen molar-refractivity contribution in [2.45, 2.75) is 6.54 Å². The monoisotopic (exact) mass is 474 g/mol. The summed E-state index contributed by atoms with van der Waals surface area (Å²) in [6, 6.07) is 10.3. The van der Waals surface area contributed by atoms with Gasteiger partial charge in [-0.1, -0.05) is 17.7 Å². The normalized spacial score (nSPS) is 10.2. The van der Waals surface area contributed by atoms with E-state index in [-0.39, 0.29) is 12.5 Å². The minimum atomic E-state index is -0.575. The number of nitrogens with one attached hydrogen (secondary N) is 1. The second-order valence-electron chi connectivity index (χ2n) is 5.05. The molecular weight excluding hydrogens is 459 g/mol. The summed E-state index contributed by atoms with van der Waals surface area (Å²) in [5, 5.41) is 3.33. The van der Waals surface area contributed by atoms with Gasteiger partial charge in [0.1, 0.15) is 0 Å². The van der Waals surface area contributed by atoms with Crippen LogP contribution in [0.1, 0.15) is 15.9 Å². The van der Waals surface area contributed by atoms with Crippen molar-refractivity contribution in [1.29, 1.82) is 0 Å². The molecule has 0 saturated carbocycles. The van der Waals surface area contributed by atoms with Gasteiger partial charge >= 0.3 is 0 Å². The van der Waals surface area contributed by atoms with Crippen LogP contribution >= 0.6 is 34.2 Å². The summed E-state index contributed by atoms with van der Waals surface area (Å²) < 4.78 is 11.3. The molecule has 0 heterocycles. The first kappa shape index (κ1) is 19.3. The van der Waals surface area contributed by atoms with Gasteiger partial charge in [0.05, 0.1) is 12.7 Å². The highest BCUT2D eigenvalue weighted by molar-refractivity contribution is 14.1. The van der Waals surface area contributed by atoms with Gasteiger partial charge in [-0.3, -0.25) is 9.59 Å². The van der Waals surface area contributed by atoms with Crippen molar-refractivity contribution in [3.63, 3.8) is 0 Å². The van der Waals surface area contributed by atoms with Gasteiger partial charge in [-0.15, -0.1) is 0 Å². The smallest absolute Gasteiger partial charge is 0.255 e. The number of primary amides is 1. The van der Waals surface area contributed by atoms with Gasteiger partial charge in [0, 0.05) is 15.1 Å². The van der Waals surface area contributed by atoms with Crippen molar-refractivity contribution in [3.8, 4) is 11.5 Å². The Morgan fingerprint density at radius 3 is 2.64 bits per heavy atom. The van der Waals surface area contributed by atoms with E-state index in [1.165, 1.54) is 7.11 Å². The molecule has 0 aliphatic heterocycles. The van der Waals surface area contributed by atoms with E-state index in [0.29, 0.717) is 28.6 Å². The maximum absolute atomic E-state index is 12.3. The summed E-state index contributed by atoms with van der Waals surface area (Å²) >= 11 is 8.02. The Morgan fingerprint density at radius 1 is 1.20 bits per heavy atom. The Kier molecular flexibility index (Phi) is 6.89. The van der Waals surface area contributed by atoms with Crippen LogP contribution in [-0.4, -0.2) is 25.5 Å². The van der Waals surface area contributed by atoms with Crippen LogP contribution in [0.15, 0.2) is 36.4 Å². The summed E-state index contributed by atoms with van der Waals surface area (Å²) in [4.78, 5) is 23.1. The van der Waals surface area contributed by atoms with E-state index in [9.17, 15) is 9.59 Å². The van der Waals surface area contributed by atoms with Gasteiger partial charge in [0.2, 0.25) is 0 Å². The van der Waals surface area contributed by atoms with Crippen LogP contribution in [0.4, 0.5) is 0 Å². The molecule has 2 rings (SSSR count). The van der Waals surface area contributed by atoms with E-state index < -0.39 is 5.91 Å². The number of nitrogens with two attached hydrogens (primary N) is 1. The maximum Gasteiger partial charge on any atom is 0.255 e. The minimum absolute atomic E-state index is 0.222. The van der Waals surface area contributed by atoms with E-state index in [4.69, 9.17) is 26.8 Å². The highest BCUT2D eigenvalue weighted by Crippen LogP contribution is 2.28. The van der Waals surface area contributed by atoms with Crippen molar-refractivity contribution in [3.05, 3.63) is 56.1 Å². The highest BCUT2D eigenvalue weighted by atomic mass is 127. The largest absolute Gasteiger partial charge is 0.493 e. The molecule has 0 aliphatic rings. The molecule has 0 unspecified atom stereocenters. The second kappa shape index (κ2) is 8.91. The molecule has 3 N–H and O–H groups in total. The highest BCUT2D eigenvalue weighted by Gasteiger charge is 2.12. The van der Waals surface area contributed by atoms with Crippen LogP contribution in [0.2, 0.25) is 5.02 Å². The van der Waals surface area contributed by atoms with Crippen LogP contribution in [0, 0.1) is 3.57 Å². The van der Waals surface area contributed by atoms with Crippen molar-refractivity contribution in [2.75, 3.05) is 13.7 Å². The number of halogens is 2. The van der Waals surface area contributed by atoms with E-state index in [2.05, 4.69) is 27.9 Å². The molecule has 6 nitrogen and oxygen atoms in total. The molecule has 2 aromatic carbocycles. The van der Waals surface area contributed by atoms with Gasteiger partial charge < -0.3 is 20.5 Å². The fraction of sp³-hybridized carbons (Fsp3) is 0.176. The molecule has 0 saturated heterocycles. The fourth-order valence-electron chi connectivity index (χ4n) is 2.04. The molecule has 2 aromatic rings. The quantitative estimate of drug-likeness (QED) is 0.604. The molecule has 0 spiro atoms. The van der Waals surface area contributed by atoms with Crippen LogP contribution in [0.25, 0.3) is 0 Å². The number of methoxy groups -OCH3 is 1.